The highest BCUT2D eigenvalue weighted by atomic mass is 32.7. The minimum absolute atomic E-state index is 0.0302. The fraction of sp³-hybridized carbons (Fsp3) is 0.200. The molecule has 0 saturated carbocycles. The van der Waals surface area contributed by atoms with Crippen LogP contribution in [-0.4, -0.2) is 37.3 Å². The van der Waals surface area contributed by atoms with Crippen molar-refractivity contribution in [2.24, 2.45) is 0 Å². The topological polar surface area (TPSA) is 86.7 Å². The first-order valence-electron chi connectivity index (χ1n) is 6.92. The third-order valence-electron chi connectivity index (χ3n) is 3.33. The maximum Gasteiger partial charge on any atom is 0.297 e. The van der Waals surface area contributed by atoms with Crippen molar-refractivity contribution in [2.45, 2.75) is 9.79 Å². The second-order valence-corrected chi connectivity index (χ2v) is 12.1. The molecule has 0 amide bonds. The van der Waals surface area contributed by atoms with Crippen LogP contribution in [0.15, 0.2) is 58.3 Å². The zero-order chi connectivity index (χ0) is 18.7. The Morgan fingerprint density at radius 3 is 1.44 bits per heavy atom. The van der Waals surface area contributed by atoms with Gasteiger partial charge in [0, 0.05) is 17.7 Å². The van der Waals surface area contributed by atoms with Crippen molar-refractivity contribution in [3.8, 4) is 0 Å². The van der Waals surface area contributed by atoms with Crippen molar-refractivity contribution in [1.29, 1.82) is 0 Å². The summed E-state index contributed by atoms with van der Waals surface area (Å²) >= 11 is 1.38. The Bertz CT molecular complexity index is 879. The largest absolute Gasteiger partial charge is 0.297 e. The highest BCUT2D eigenvalue weighted by Crippen LogP contribution is 2.48. The Morgan fingerprint density at radius 2 is 1.12 bits per heavy atom. The summed E-state index contributed by atoms with van der Waals surface area (Å²) in [6, 6.07) is 12.9. The molecule has 0 aromatic heterocycles. The minimum Gasteiger partial charge on any atom is -0.270 e. The lowest BCUT2D eigenvalue weighted by Gasteiger charge is -2.21. The van der Waals surface area contributed by atoms with E-state index in [0.29, 0.717) is 10.6 Å². The lowest BCUT2D eigenvalue weighted by Crippen LogP contribution is -2.22. The molecule has 0 aliphatic carbocycles. The van der Waals surface area contributed by atoms with Crippen LogP contribution >= 0.6 is 18.5 Å². The Hall–Kier alpha value is -0.960. The first kappa shape index (κ1) is 20.4. The van der Waals surface area contributed by atoms with Crippen molar-refractivity contribution in [3.63, 3.8) is 0 Å². The first-order chi connectivity index (χ1) is 11.8. The number of benzene rings is 2. The zero-order valence-corrected chi connectivity index (χ0v) is 17.1. The number of hydrogen-bond donors (Lipinski definition) is 0. The molecule has 25 heavy (non-hydrogen) atoms. The van der Waals surface area contributed by atoms with Gasteiger partial charge in [0.25, 0.3) is 20.2 Å². The SMILES string of the molecule is COS(=O)(=O)c1ccccc1P(SC)c1ccccc1S(=O)(=O)OC. The highest BCUT2D eigenvalue weighted by molar-refractivity contribution is 8.59. The molecular weight excluding hydrogens is 403 g/mol. The first-order valence-corrected chi connectivity index (χ1v) is 12.9. The van der Waals surface area contributed by atoms with E-state index in [4.69, 9.17) is 0 Å². The standard InChI is InChI=1S/C15H17O6PS3/c1-20-24(16,17)14-10-6-4-8-12(14)22(23-3)13-9-5-7-11-15(13)25(18,19)21-2/h4-11H,1-3H3. The fourth-order valence-corrected chi connectivity index (χ4v) is 9.02. The molecule has 0 unspecified atom stereocenters. The van der Waals surface area contributed by atoms with E-state index in [1.54, 1.807) is 42.7 Å². The van der Waals surface area contributed by atoms with Gasteiger partial charge in [-0.25, -0.2) is 0 Å². The van der Waals surface area contributed by atoms with Crippen molar-refractivity contribution in [2.75, 3.05) is 20.5 Å². The van der Waals surface area contributed by atoms with Crippen molar-refractivity contribution < 1.29 is 25.2 Å². The Balaban J connectivity index is 2.74. The third kappa shape index (κ3) is 4.24. The minimum atomic E-state index is -3.92. The summed E-state index contributed by atoms with van der Waals surface area (Å²) in [6.45, 7) is 0. The Labute approximate surface area is 153 Å². The van der Waals surface area contributed by atoms with Gasteiger partial charge in [-0.05, 0) is 18.4 Å². The van der Waals surface area contributed by atoms with Crippen molar-refractivity contribution in [1.82, 2.24) is 0 Å². The van der Waals surface area contributed by atoms with Gasteiger partial charge in [-0.15, -0.1) is 11.4 Å². The summed E-state index contributed by atoms with van der Waals surface area (Å²) in [4.78, 5) is 0.0603. The highest BCUT2D eigenvalue weighted by Gasteiger charge is 2.28. The smallest absolute Gasteiger partial charge is 0.270 e. The molecule has 0 heterocycles. The average Bonchev–Trinajstić information content (AvgIpc) is 2.63. The summed E-state index contributed by atoms with van der Waals surface area (Å²) in [5.41, 5.74) is 0. The van der Waals surface area contributed by atoms with Gasteiger partial charge in [-0.3, -0.25) is 8.37 Å². The van der Waals surface area contributed by atoms with E-state index in [-0.39, 0.29) is 9.79 Å². The number of rotatable bonds is 7. The van der Waals surface area contributed by atoms with E-state index < -0.39 is 27.4 Å². The molecule has 0 aliphatic rings. The summed E-state index contributed by atoms with van der Waals surface area (Å²) in [6.07, 6.45) is 1.80. The van der Waals surface area contributed by atoms with Gasteiger partial charge in [0.2, 0.25) is 0 Å². The molecule has 136 valence electrons. The monoisotopic (exact) mass is 420 g/mol. The number of hydrogen-bond acceptors (Lipinski definition) is 7. The van der Waals surface area contributed by atoms with Gasteiger partial charge in [-0.2, -0.15) is 16.8 Å². The van der Waals surface area contributed by atoms with E-state index >= 15 is 0 Å². The molecule has 0 N–H and O–H groups in total. The van der Waals surface area contributed by atoms with E-state index in [9.17, 15) is 16.8 Å². The summed E-state index contributed by atoms with van der Waals surface area (Å²) in [7, 11) is -6.99. The van der Waals surface area contributed by atoms with Crippen molar-refractivity contribution >= 4 is 49.4 Å². The molecule has 10 heteroatoms. The van der Waals surface area contributed by atoms with Crippen LogP contribution in [0.2, 0.25) is 0 Å². The molecule has 0 bridgehead atoms. The fourth-order valence-electron chi connectivity index (χ4n) is 2.18. The molecule has 0 atom stereocenters. The van der Waals surface area contributed by atoms with Crippen LogP contribution < -0.4 is 10.6 Å². The molecule has 0 fully saturated rings. The van der Waals surface area contributed by atoms with Crippen LogP contribution in [0.3, 0.4) is 0 Å². The average molecular weight is 420 g/mol. The second kappa shape index (κ2) is 8.16. The molecule has 2 aromatic carbocycles. The summed E-state index contributed by atoms with van der Waals surface area (Å²) in [5, 5.41) is 1.01. The van der Waals surface area contributed by atoms with E-state index in [1.807, 2.05) is 0 Å². The second-order valence-electron chi connectivity index (χ2n) is 4.65. The molecule has 6 nitrogen and oxygen atoms in total. The molecule has 0 spiro atoms. The molecular formula is C15H17O6PS3. The molecule has 0 saturated heterocycles. The molecule has 2 aromatic rings. The maximum atomic E-state index is 12.2. The van der Waals surface area contributed by atoms with Crippen LogP contribution in [0.5, 0.6) is 0 Å². The lowest BCUT2D eigenvalue weighted by molar-refractivity contribution is 0.397. The van der Waals surface area contributed by atoms with Crippen LogP contribution in [0, 0.1) is 0 Å². The van der Waals surface area contributed by atoms with Gasteiger partial charge in [0.1, 0.15) is 9.79 Å². The van der Waals surface area contributed by atoms with Crippen LogP contribution in [0.4, 0.5) is 0 Å². The van der Waals surface area contributed by atoms with E-state index in [0.717, 1.165) is 14.2 Å². The van der Waals surface area contributed by atoms with Crippen LogP contribution in [0.25, 0.3) is 0 Å². The van der Waals surface area contributed by atoms with Gasteiger partial charge in [-0.1, -0.05) is 36.4 Å². The summed E-state index contributed by atoms with van der Waals surface area (Å²) in [5.74, 6) is 0. The lowest BCUT2D eigenvalue weighted by atomic mass is 10.4. The van der Waals surface area contributed by atoms with Crippen LogP contribution in [-0.2, 0) is 28.6 Å². The maximum absolute atomic E-state index is 12.2. The normalized spacial score (nSPS) is 12.5. The van der Waals surface area contributed by atoms with Gasteiger partial charge >= 0.3 is 0 Å². The van der Waals surface area contributed by atoms with E-state index in [2.05, 4.69) is 8.37 Å². The molecule has 0 radical (unpaired) electrons. The quantitative estimate of drug-likeness (QED) is 0.501. The van der Waals surface area contributed by atoms with Crippen molar-refractivity contribution in [3.05, 3.63) is 48.5 Å². The van der Waals surface area contributed by atoms with Gasteiger partial charge in [0.05, 0.1) is 14.2 Å². The van der Waals surface area contributed by atoms with Crippen LogP contribution in [0.1, 0.15) is 0 Å². The summed E-state index contributed by atoms with van der Waals surface area (Å²) < 4.78 is 58.3. The third-order valence-corrected chi connectivity index (χ3v) is 10.6. The molecule has 2 rings (SSSR count). The Kier molecular flexibility index (Phi) is 6.64. The van der Waals surface area contributed by atoms with Gasteiger partial charge in [0.15, 0.2) is 0 Å². The predicted octanol–water partition coefficient (Wildman–Crippen LogP) is 2.07. The van der Waals surface area contributed by atoms with E-state index in [1.165, 1.54) is 23.5 Å². The zero-order valence-electron chi connectivity index (χ0n) is 13.7. The predicted molar refractivity (Wildman–Crippen MR) is 101 cm³/mol. The van der Waals surface area contributed by atoms with Gasteiger partial charge < -0.3 is 0 Å². The molecule has 0 aliphatic heterocycles. The Morgan fingerprint density at radius 1 is 0.760 bits per heavy atom.